The van der Waals surface area contributed by atoms with E-state index in [0.717, 1.165) is 30.3 Å². The van der Waals surface area contributed by atoms with E-state index < -0.39 is 69.2 Å². The highest BCUT2D eigenvalue weighted by molar-refractivity contribution is 6.31. The Morgan fingerprint density at radius 2 is 1.69 bits per heavy atom. The molecule has 0 aliphatic rings. The number of alkyl halides is 3. The molecule has 0 bridgehead atoms. The molecule has 0 unspecified atom stereocenters. The summed E-state index contributed by atoms with van der Waals surface area (Å²) in [5.74, 6) is 0.553. The Hall–Kier alpha value is -4.84. The second-order valence-corrected chi connectivity index (χ2v) is 7.92. The molecule has 0 radical (unpaired) electrons. The summed E-state index contributed by atoms with van der Waals surface area (Å²) in [5.41, 5.74) is -6.66. The molecule has 3 aromatic rings. The summed E-state index contributed by atoms with van der Waals surface area (Å²) < 4.78 is 50.1. The molecule has 204 valence electrons. The van der Waals surface area contributed by atoms with Crippen LogP contribution in [0.15, 0.2) is 50.8 Å². The number of terminal acetylenes is 1. The number of halogens is 4. The monoisotopic (exact) mass is 568 g/mol. The first-order valence-electron chi connectivity index (χ1n) is 10.7. The fourth-order valence-electron chi connectivity index (χ4n) is 3.36. The minimum absolute atomic E-state index is 0.0927. The molecule has 0 spiro atoms. The Morgan fingerprint density at radius 1 is 1.08 bits per heavy atom. The van der Waals surface area contributed by atoms with Gasteiger partial charge in [0.1, 0.15) is 23.7 Å². The van der Waals surface area contributed by atoms with Crippen molar-refractivity contribution in [2.75, 3.05) is 6.61 Å². The van der Waals surface area contributed by atoms with Crippen LogP contribution in [0.4, 0.5) is 18.9 Å². The summed E-state index contributed by atoms with van der Waals surface area (Å²) in [6.07, 6.45) is 0.482. The van der Waals surface area contributed by atoms with Crippen LogP contribution in [0.25, 0.3) is 5.69 Å². The van der Waals surface area contributed by atoms with Crippen LogP contribution in [-0.4, -0.2) is 31.2 Å². The van der Waals surface area contributed by atoms with Gasteiger partial charge in [0.15, 0.2) is 0 Å². The highest BCUT2D eigenvalue weighted by atomic mass is 35.5. The Kier molecular flexibility index (Phi) is 8.30. The number of esters is 1. The molecule has 0 amide bonds. The van der Waals surface area contributed by atoms with Gasteiger partial charge in [0.25, 0.3) is 5.69 Å². The third kappa shape index (κ3) is 6.02. The van der Waals surface area contributed by atoms with E-state index >= 15 is 0 Å². The van der Waals surface area contributed by atoms with Crippen molar-refractivity contribution in [1.82, 2.24) is 13.7 Å². The van der Waals surface area contributed by atoms with E-state index in [1.807, 2.05) is 5.92 Å². The molecule has 16 heteroatoms. The van der Waals surface area contributed by atoms with Crippen molar-refractivity contribution in [1.29, 1.82) is 0 Å². The van der Waals surface area contributed by atoms with Gasteiger partial charge in [-0.25, -0.2) is 28.1 Å². The number of nitrogens with zero attached hydrogens (tertiary/aromatic N) is 4. The number of nitro groups is 1. The third-order valence-corrected chi connectivity index (χ3v) is 5.33. The van der Waals surface area contributed by atoms with Crippen molar-refractivity contribution < 1.29 is 32.4 Å². The zero-order chi connectivity index (χ0) is 29.1. The van der Waals surface area contributed by atoms with Gasteiger partial charge in [0.05, 0.1) is 28.7 Å². The van der Waals surface area contributed by atoms with Crippen LogP contribution in [0.2, 0.25) is 5.02 Å². The number of carbonyl (C=O) groups is 1. The number of aromatic nitrogens is 3. The molecule has 0 saturated heterocycles. The van der Waals surface area contributed by atoms with Crippen LogP contribution >= 0.6 is 11.6 Å². The van der Waals surface area contributed by atoms with Gasteiger partial charge in [0.2, 0.25) is 0 Å². The number of ether oxygens (including phenoxy) is 2. The van der Waals surface area contributed by atoms with Crippen molar-refractivity contribution in [2.24, 2.45) is 0 Å². The van der Waals surface area contributed by atoms with Crippen molar-refractivity contribution in [3.05, 3.63) is 88.6 Å². The zero-order valence-corrected chi connectivity index (χ0v) is 20.5. The average molecular weight is 569 g/mol. The van der Waals surface area contributed by atoms with E-state index in [2.05, 4.69) is 0 Å². The number of hydrogen-bond acceptors (Lipinski definition) is 8. The minimum atomic E-state index is -4.73. The molecule has 3 rings (SSSR count). The summed E-state index contributed by atoms with van der Waals surface area (Å²) >= 11 is 5.69. The first-order chi connectivity index (χ1) is 18.3. The molecular formula is C23H16ClF3N4O8. The summed E-state index contributed by atoms with van der Waals surface area (Å²) in [4.78, 5) is 61.8. The van der Waals surface area contributed by atoms with E-state index in [1.165, 1.54) is 6.92 Å². The molecule has 0 aliphatic carbocycles. The Balaban J connectivity index is 2.24. The number of hydrogen-bond donors (Lipinski definition) is 0. The molecule has 0 aliphatic heterocycles. The number of rotatable bonds is 8. The van der Waals surface area contributed by atoms with E-state index in [1.54, 1.807) is 0 Å². The van der Waals surface area contributed by atoms with Crippen LogP contribution in [0.3, 0.4) is 0 Å². The molecule has 0 saturated carbocycles. The van der Waals surface area contributed by atoms with Gasteiger partial charge in [-0.3, -0.25) is 14.9 Å². The van der Waals surface area contributed by atoms with E-state index in [4.69, 9.17) is 27.5 Å². The molecule has 39 heavy (non-hydrogen) atoms. The maximum atomic E-state index is 13.2. The molecular weight excluding hydrogens is 553 g/mol. The summed E-state index contributed by atoms with van der Waals surface area (Å²) in [7, 11) is 0. The Morgan fingerprint density at radius 3 is 2.26 bits per heavy atom. The first kappa shape index (κ1) is 28.7. The number of nitro benzene ring substituents is 1. The van der Waals surface area contributed by atoms with Gasteiger partial charge in [-0.1, -0.05) is 17.5 Å². The quantitative estimate of drug-likeness (QED) is 0.175. The molecule has 1 aromatic heterocycles. The van der Waals surface area contributed by atoms with Crippen molar-refractivity contribution in [3.8, 4) is 29.5 Å². The first-order valence-corrected chi connectivity index (χ1v) is 11.1. The fourth-order valence-corrected chi connectivity index (χ4v) is 3.64. The molecule has 0 N–H and O–H groups in total. The average Bonchev–Trinajstić information content (AvgIpc) is 2.84. The van der Waals surface area contributed by atoms with Crippen LogP contribution in [0.5, 0.6) is 11.5 Å². The molecule has 2 aromatic carbocycles. The molecule has 0 atom stereocenters. The lowest BCUT2D eigenvalue weighted by Gasteiger charge is -2.14. The predicted molar refractivity (Wildman–Crippen MR) is 129 cm³/mol. The maximum absolute atomic E-state index is 13.2. The second-order valence-electron chi connectivity index (χ2n) is 7.51. The van der Waals surface area contributed by atoms with Gasteiger partial charge in [-0.05, 0) is 25.1 Å². The van der Waals surface area contributed by atoms with Crippen LogP contribution < -0.4 is 21.8 Å². The van der Waals surface area contributed by atoms with E-state index in [-0.39, 0.29) is 22.7 Å². The van der Waals surface area contributed by atoms with Crippen molar-refractivity contribution in [3.63, 3.8) is 0 Å². The fraction of sp³-hybridized carbons (Fsp3) is 0.217. The normalized spacial score (nSPS) is 11.1. The standard InChI is InChI=1S/C23H16ClF3N4O8/c1-3-9-28-20(33)29(12-19(32)38-4-2)22(35)30(21(28)34)18-11-14(6-8-17(18)31(36)37)39-13-5-7-15(16(24)10-13)23(25,26)27/h1,5-8,10-11H,4,9,12H2,2H3. The maximum Gasteiger partial charge on any atom is 0.417 e. The highest BCUT2D eigenvalue weighted by Gasteiger charge is 2.33. The SMILES string of the molecule is C#CCn1c(=O)n(CC(=O)OCC)c(=O)n(-c2cc(Oc3ccc(C(F)(F)F)c(Cl)c3)ccc2[N+](=O)[O-])c1=O. The summed E-state index contributed by atoms with van der Waals surface area (Å²) in [6, 6.07) is 5.20. The van der Waals surface area contributed by atoms with Crippen LogP contribution in [-0.2, 0) is 28.8 Å². The molecule has 1 heterocycles. The van der Waals surface area contributed by atoms with Gasteiger partial charge in [0, 0.05) is 18.2 Å². The van der Waals surface area contributed by atoms with Crippen LogP contribution in [0, 0.1) is 22.5 Å². The Labute approximate surface area is 220 Å². The highest BCUT2D eigenvalue weighted by Crippen LogP contribution is 2.37. The predicted octanol–water partition coefficient (Wildman–Crippen LogP) is 2.73. The lowest BCUT2D eigenvalue weighted by atomic mass is 10.2. The minimum Gasteiger partial charge on any atom is -0.465 e. The lowest BCUT2D eigenvalue weighted by molar-refractivity contribution is -0.384. The number of carbonyl (C=O) groups excluding carboxylic acids is 1. The van der Waals surface area contributed by atoms with Gasteiger partial charge in [-0.15, -0.1) is 6.42 Å². The topological polar surface area (TPSA) is 145 Å². The molecule has 0 fully saturated rings. The van der Waals surface area contributed by atoms with Gasteiger partial charge in [-0.2, -0.15) is 13.2 Å². The smallest absolute Gasteiger partial charge is 0.417 e. The lowest BCUT2D eigenvalue weighted by Crippen LogP contribution is -2.54. The van der Waals surface area contributed by atoms with E-state index in [0.29, 0.717) is 15.2 Å². The second kappa shape index (κ2) is 11.3. The Bertz CT molecular complexity index is 1690. The number of benzene rings is 2. The van der Waals surface area contributed by atoms with Crippen LogP contribution in [0.1, 0.15) is 12.5 Å². The van der Waals surface area contributed by atoms with E-state index in [9.17, 15) is 42.5 Å². The van der Waals surface area contributed by atoms with Gasteiger partial charge >= 0.3 is 29.2 Å². The zero-order valence-electron chi connectivity index (χ0n) is 19.7. The van der Waals surface area contributed by atoms with Crippen molar-refractivity contribution >= 4 is 23.3 Å². The largest absolute Gasteiger partial charge is 0.465 e. The molecule has 12 nitrogen and oxygen atoms in total. The third-order valence-electron chi connectivity index (χ3n) is 5.01. The van der Waals surface area contributed by atoms with Crippen molar-refractivity contribution in [2.45, 2.75) is 26.2 Å². The summed E-state index contributed by atoms with van der Waals surface area (Å²) in [5, 5.41) is 11.0. The van der Waals surface area contributed by atoms with Gasteiger partial charge < -0.3 is 9.47 Å². The summed E-state index contributed by atoms with van der Waals surface area (Å²) in [6.45, 7) is -0.221.